The summed E-state index contributed by atoms with van der Waals surface area (Å²) in [6, 6.07) is 0. The molecule has 0 amide bonds. The number of nitrogen functional groups attached to an aromatic ring is 1. The molecule has 0 radical (unpaired) electrons. The minimum absolute atomic E-state index is 0.0816. The zero-order chi connectivity index (χ0) is 11.4. The van der Waals surface area contributed by atoms with Gasteiger partial charge in [-0.2, -0.15) is 4.98 Å². The fraction of sp³-hybridized carbons (Fsp3) is 0.500. The fourth-order valence-electron chi connectivity index (χ4n) is 0.907. The first kappa shape index (κ1) is 11.2. The van der Waals surface area contributed by atoms with E-state index >= 15 is 0 Å². The summed E-state index contributed by atoms with van der Waals surface area (Å²) in [7, 11) is 0. The third-order valence-corrected chi connectivity index (χ3v) is 1.89. The molecule has 7 nitrogen and oxygen atoms in total. The molecule has 0 aromatic carbocycles. The molecule has 0 aliphatic rings. The van der Waals surface area contributed by atoms with Crippen LogP contribution in [0.3, 0.4) is 0 Å². The zero-order valence-electron chi connectivity index (χ0n) is 8.51. The monoisotopic (exact) mass is 212 g/mol. The summed E-state index contributed by atoms with van der Waals surface area (Å²) in [5.41, 5.74) is 4.99. The number of ether oxygens (including phenoxy) is 1. The van der Waals surface area contributed by atoms with Crippen LogP contribution in [0.4, 0.5) is 11.5 Å². The Labute approximate surface area is 86.4 Å². The first-order valence-corrected chi connectivity index (χ1v) is 4.47. The van der Waals surface area contributed by atoms with E-state index in [-0.39, 0.29) is 23.5 Å². The van der Waals surface area contributed by atoms with Gasteiger partial charge < -0.3 is 10.5 Å². The maximum Gasteiger partial charge on any atom is 0.372 e. The van der Waals surface area contributed by atoms with E-state index in [1.54, 1.807) is 6.92 Å². The van der Waals surface area contributed by atoms with Crippen molar-refractivity contribution < 1.29 is 9.66 Å². The van der Waals surface area contributed by atoms with Crippen LogP contribution in [0.25, 0.3) is 0 Å². The first-order chi connectivity index (χ1) is 7.06. The molecule has 2 N–H and O–H groups in total. The van der Waals surface area contributed by atoms with Crippen molar-refractivity contribution in [3.8, 4) is 5.88 Å². The topological polar surface area (TPSA) is 104 Å². The second kappa shape index (κ2) is 4.54. The Bertz CT molecular complexity index is 369. The number of aromatic nitrogens is 2. The van der Waals surface area contributed by atoms with Crippen molar-refractivity contribution >= 4 is 11.5 Å². The van der Waals surface area contributed by atoms with Crippen LogP contribution < -0.4 is 10.5 Å². The Morgan fingerprint density at radius 1 is 1.67 bits per heavy atom. The summed E-state index contributed by atoms with van der Waals surface area (Å²) in [4.78, 5) is 17.3. The van der Waals surface area contributed by atoms with E-state index in [0.717, 1.165) is 12.7 Å². The lowest BCUT2D eigenvalue weighted by Gasteiger charge is -2.11. The van der Waals surface area contributed by atoms with Gasteiger partial charge in [-0.3, -0.25) is 10.1 Å². The summed E-state index contributed by atoms with van der Waals surface area (Å²) < 4.78 is 5.26. The van der Waals surface area contributed by atoms with E-state index in [9.17, 15) is 10.1 Å². The maximum atomic E-state index is 10.7. The van der Waals surface area contributed by atoms with Gasteiger partial charge in [-0.05, 0) is 13.3 Å². The number of hydrogen-bond donors (Lipinski definition) is 1. The Morgan fingerprint density at radius 2 is 2.33 bits per heavy atom. The summed E-state index contributed by atoms with van der Waals surface area (Å²) >= 11 is 0. The molecule has 0 aliphatic heterocycles. The number of nitro groups is 1. The largest absolute Gasteiger partial charge is 0.470 e. The van der Waals surface area contributed by atoms with Crippen LogP contribution in [0.15, 0.2) is 6.33 Å². The van der Waals surface area contributed by atoms with Crippen LogP contribution in [0.5, 0.6) is 5.88 Å². The third kappa shape index (κ3) is 2.52. The van der Waals surface area contributed by atoms with E-state index in [1.807, 2.05) is 6.92 Å². The Balaban J connectivity index is 3.06. The first-order valence-electron chi connectivity index (χ1n) is 4.47. The van der Waals surface area contributed by atoms with Gasteiger partial charge in [-0.25, -0.2) is 4.98 Å². The Hall–Kier alpha value is -1.92. The third-order valence-electron chi connectivity index (χ3n) is 1.89. The molecule has 1 aromatic rings. The molecule has 7 heteroatoms. The van der Waals surface area contributed by atoms with Gasteiger partial charge in [-0.1, -0.05) is 6.92 Å². The molecule has 1 atom stereocenters. The molecule has 0 bridgehead atoms. The van der Waals surface area contributed by atoms with Gasteiger partial charge in [0.15, 0.2) is 0 Å². The van der Waals surface area contributed by atoms with Crippen LogP contribution >= 0.6 is 0 Å². The zero-order valence-corrected chi connectivity index (χ0v) is 8.51. The van der Waals surface area contributed by atoms with Crippen LogP contribution in [0.1, 0.15) is 20.3 Å². The van der Waals surface area contributed by atoms with Crippen molar-refractivity contribution in [2.75, 3.05) is 5.73 Å². The predicted molar refractivity (Wildman–Crippen MR) is 53.5 cm³/mol. The lowest BCUT2D eigenvalue weighted by molar-refractivity contribution is -0.385. The average molecular weight is 212 g/mol. The second-order valence-corrected chi connectivity index (χ2v) is 3.01. The Morgan fingerprint density at radius 3 is 2.87 bits per heavy atom. The quantitative estimate of drug-likeness (QED) is 0.592. The minimum Gasteiger partial charge on any atom is -0.470 e. The van der Waals surface area contributed by atoms with Gasteiger partial charge in [-0.15, -0.1) is 0 Å². The van der Waals surface area contributed by atoms with Gasteiger partial charge in [0.2, 0.25) is 5.82 Å². The van der Waals surface area contributed by atoms with Crippen molar-refractivity contribution in [1.29, 1.82) is 0 Å². The molecule has 0 saturated heterocycles. The van der Waals surface area contributed by atoms with Crippen molar-refractivity contribution in [2.24, 2.45) is 0 Å². The highest BCUT2D eigenvalue weighted by atomic mass is 16.6. The van der Waals surface area contributed by atoms with Crippen LogP contribution in [0.2, 0.25) is 0 Å². The van der Waals surface area contributed by atoms with E-state index in [4.69, 9.17) is 10.5 Å². The lowest BCUT2D eigenvalue weighted by atomic mass is 10.3. The fourth-order valence-corrected chi connectivity index (χ4v) is 0.907. The highest BCUT2D eigenvalue weighted by molar-refractivity contribution is 5.57. The molecule has 0 aliphatic carbocycles. The number of nitrogens with two attached hydrogens (primary N) is 1. The van der Waals surface area contributed by atoms with Gasteiger partial charge in [0.05, 0.1) is 11.0 Å². The van der Waals surface area contributed by atoms with E-state index < -0.39 is 4.92 Å². The lowest BCUT2D eigenvalue weighted by Crippen LogP contribution is -2.13. The summed E-state index contributed by atoms with van der Waals surface area (Å²) in [6.45, 7) is 3.70. The molecule has 82 valence electrons. The smallest absolute Gasteiger partial charge is 0.372 e. The maximum absolute atomic E-state index is 10.7. The van der Waals surface area contributed by atoms with Crippen molar-refractivity contribution in [2.45, 2.75) is 26.4 Å². The molecular formula is C8H12N4O3. The molecular weight excluding hydrogens is 200 g/mol. The SMILES string of the molecule is CCC(C)Oc1ncnc(N)c1[N+](=O)[O-]. The number of rotatable bonds is 4. The molecule has 0 fully saturated rings. The predicted octanol–water partition coefficient (Wildman–Crippen LogP) is 1.14. The number of nitrogens with zero attached hydrogens (tertiary/aromatic N) is 3. The highest BCUT2D eigenvalue weighted by Crippen LogP contribution is 2.29. The van der Waals surface area contributed by atoms with Gasteiger partial charge in [0.1, 0.15) is 6.33 Å². The minimum atomic E-state index is -0.646. The summed E-state index contributed by atoms with van der Waals surface area (Å²) in [5.74, 6) is -0.268. The molecule has 1 rings (SSSR count). The highest BCUT2D eigenvalue weighted by Gasteiger charge is 2.23. The van der Waals surface area contributed by atoms with Gasteiger partial charge in [0, 0.05) is 0 Å². The van der Waals surface area contributed by atoms with E-state index in [2.05, 4.69) is 9.97 Å². The van der Waals surface area contributed by atoms with Crippen LogP contribution in [0, 0.1) is 10.1 Å². The van der Waals surface area contributed by atoms with E-state index in [0.29, 0.717) is 0 Å². The van der Waals surface area contributed by atoms with Crippen molar-refractivity contribution in [3.63, 3.8) is 0 Å². The van der Waals surface area contributed by atoms with Crippen molar-refractivity contribution in [1.82, 2.24) is 9.97 Å². The molecule has 1 unspecified atom stereocenters. The molecule has 0 saturated carbocycles. The number of hydrogen-bond acceptors (Lipinski definition) is 6. The summed E-state index contributed by atoms with van der Waals surface area (Å²) in [6.07, 6.45) is 1.71. The normalized spacial score (nSPS) is 12.1. The van der Waals surface area contributed by atoms with E-state index in [1.165, 1.54) is 0 Å². The standard InChI is InChI=1S/C8H12N4O3/c1-3-5(2)15-8-6(12(13)14)7(9)10-4-11-8/h4-5H,3H2,1-2H3,(H2,9,10,11). The summed E-state index contributed by atoms with van der Waals surface area (Å²) in [5, 5.41) is 10.7. The number of anilines is 1. The van der Waals surface area contributed by atoms with Gasteiger partial charge >= 0.3 is 5.69 Å². The van der Waals surface area contributed by atoms with Crippen LogP contribution in [-0.2, 0) is 0 Å². The van der Waals surface area contributed by atoms with Crippen molar-refractivity contribution in [3.05, 3.63) is 16.4 Å². The van der Waals surface area contributed by atoms with Gasteiger partial charge in [0.25, 0.3) is 5.88 Å². The molecule has 15 heavy (non-hydrogen) atoms. The molecule has 1 heterocycles. The molecule has 0 spiro atoms. The average Bonchev–Trinajstić information content (AvgIpc) is 2.17. The molecule has 1 aromatic heterocycles. The van der Waals surface area contributed by atoms with Crippen LogP contribution in [-0.4, -0.2) is 21.0 Å². The Kier molecular flexibility index (Phi) is 3.37. The second-order valence-electron chi connectivity index (χ2n) is 3.01.